The van der Waals surface area contributed by atoms with Crippen molar-refractivity contribution in [1.29, 1.82) is 5.26 Å². The largest absolute Gasteiger partial charge is 0.502 e. The highest BCUT2D eigenvalue weighted by Gasteiger charge is 2.15. The molecule has 0 aliphatic carbocycles. The average molecular weight is 394 g/mol. The number of nitro benzene ring substituents is 2. The van der Waals surface area contributed by atoms with Gasteiger partial charge in [-0.15, -0.1) is 11.3 Å². The van der Waals surface area contributed by atoms with E-state index in [1.807, 2.05) is 6.07 Å². The van der Waals surface area contributed by atoms with Crippen molar-refractivity contribution in [1.82, 2.24) is 4.98 Å². The summed E-state index contributed by atoms with van der Waals surface area (Å²) in [4.78, 5) is 25.0. The van der Waals surface area contributed by atoms with Crippen LogP contribution in [-0.4, -0.2) is 19.9 Å². The molecule has 1 heterocycles. The Morgan fingerprint density at radius 1 is 1.18 bits per heavy atom. The standard InChI is InChI=1S/C18H10N4O5S/c19-9-13(6-11-4-5-17(23)16(7-11)22(26)27)18-20-15(10-28-18)12-2-1-3-14(8-12)21(24)25/h1-8,10,23H. The highest BCUT2D eigenvalue weighted by Crippen LogP contribution is 2.31. The highest BCUT2D eigenvalue weighted by atomic mass is 32.1. The summed E-state index contributed by atoms with van der Waals surface area (Å²) in [6.07, 6.45) is 1.42. The van der Waals surface area contributed by atoms with Crippen molar-refractivity contribution in [3.8, 4) is 23.1 Å². The van der Waals surface area contributed by atoms with Crippen molar-refractivity contribution in [3.05, 3.63) is 78.6 Å². The minimum Gasteiger partial charge on any atom is -0.502 e. The number of thiazole rings is 1. The van der Waals surface area contributed by atoms with Gasteiger partial charge in [-0.3, -0.25) is 20.2 Å². The zero-order valence-corrected chi connectivity index (χ0v) is 14.8. The molecule has 1 N–H and O–H groups in total. The van der Waals surface area contributed by atoms with E-state index in [9.17, 15) is 30.6 Å². The van der Waals surface area contributed by atoms with Crippen LogP contribution in [0.5, 0.6) is 5.75 Å². The van der Waals surface area contributed by atoms with Gasteiger partial charge in [0.15, 0.2) is 5.75 Å². The van der Waals surface area contributed by atoms with E-state index < -0.39 is 21.3 Å². The van der Waals surface area contributed by atoms with Gasteiger partial charge in [0.1, 0.15) is 11.1 Å². The van der Waals surface area contributed by atoms with Gasteiger partial charge in [0, 0.05) is 29.1 Å². The van der Waals surface area contributed by atoms with Crippen LogP contribution in [0.4, 0.5) is 11.4 Å². The molecule has 0 saturated heterocycles. The Balaban J connectivity index is 1.97. The molecule has 0 saturated carbocycles. The second kappa shape index (κ2) is 7.65. The van der Waals surface area contributed by atoms with E-state index in [-0.39, 0.29) is 11.3 Å². The van der Waals surface area contributed by atoms with Crippen LogP contribution < -0.4 is 0 Å². The number of non-ortho nitro benzene ring substituents is 1. The quantitative estimate of drug-likeness (QED) is 0.384. The number of nitro groups is 2. The molecular weight excluding hydrogens is 384 g/mol. The van der Waals surface area contributed by atoms with Gasteiger partial charge < -0.3 is 5.11 Å². The maximum Gasteiger partial charge on any atom is 0.311 e. The van der Waals surface area contributed by atoms with Crippen molar-refractivity contribution < 1.29 is 15.0 Å². The van der Waals surface area contributed by atoms with Gasteiger partial charge in [-0.25, -0.2) is 4.98 Å². The van der Waals surface area contributed by atoms with Gasteiger partial charge >= 0.3 is 5.69 Å². The number of aromatic hydroxyl groups is 1. The SMILES string of the molecule is N#CC(=Cc1ccc(O)c([N+](=O)[O-])c1)c1nc(-c2cccc([N+](=O)[O-])c2)cs1. The number of hydrogen-bond donors (Lipinski definition) is 1. The summed E-state index contributed by atoms with van der Waals surface area (Å²) in [5, 5.41) is 42.8. The van der Waals surface area contributed by atoms with Crippen LogP contribution in [0.2, 0.25) is 0 Å². The van der Waals surface area contributed by atoms with E-state index in [4.69, 9.17) is 0 Å². The van der Waals surface area contributed by atoms with E-state index in [0.717, 1.165) is 6.07 Å². The lowest BCUT2D eigenvalue weighted by Crippen LogP contribution is -1.90. The molecule has 0 atom stereocenters. The fraction of sp³-hybridized carbons (Fsp3) is 0. The Hall–Kier alpha value is -4.10. The first-order valence-corrected chi connectivity index (χ1v) is 8.57. The molecule has 0 fully saturated rings. The van der Waals surface area contributed by atoms with E-state index in [1.165, 1.54) is 41.7 Å². The van der Waals surface area contributed by atoms with Crippen molar-refractivity contribution in [2.75, 3.05) is 0 Å². The van der Waals surface area contributed by atoms with E-state index >= 15 is 0 Å². The number of benzene rings is 2. The average Bonchev–Trinajstić information content (AvgIpc) is 3.17. The second-order valence-electron chi connectivity index (χ2n) is 5.52. The smallest absolute Gasteiger partial charge is 0.311 e. The zero-order chi connectivity index (χ0) is 20.3. The van der Waals surface area contributed by atoms with Gasteiger partial charge in [0.25, 0.3) is 5.69 Å². The van der Waals surface area contributed by atoms with Crippen LogP contribution in [0.3, 0.4) is 0 Å². The molecular formula is C18H10N4O5S. The zero-order valence-electron chi connectivity index (χ0n) is 14.0. The summed E-state index contributed by atoms with van der Waals surface area (Å²) in [6.45, 7) is 0. The summed E-state index contributed by atoms with van der Waals surface area (Å²) >= 11 is 1.17. The maximum absolute atomic E-state index is 10.9. The fourth-order valence-corrected chi connectivity index (χ4v) is 3.19. The highest BCUT2D eigenvalue weighted by molar-refractivity contribution is 7.11. The first-order chi connectivity index (χ1) is 13.4. The first-order valence-electron chi connectivity index (χ1n) is 7.69. The molecule has 0 bridgehead atoms. The minimum absolute atomic E-state index is 0.0699. The third-order valence-electron chi connectivity index (χ3n) is 3.71. The number of phenolic OH excluding ortho intramolecular Hbond substituents is 1. The molecule has 2 aromatic carbocycles. The summed E-state index contributed by atoms with van der Waals surface area (Å²) < 4.78 is 0. The molecule has 138 valence electrons. The third kappa shape index (κ3) is 3.84. The van der Waals surface area contributed by atoms with Crippen LogP contribution >= 0.6 is 11.3 Å². The Bertz CT molecular complexity index is 1160. The topological polar surface area (TPSA) is 143 Å². The Kier molecular flexibility index (Phi) is 5.10. The Morgan fingerprint density at radius 3 is 2.64 bits per heavy atom. The van der Waals surface area contributed by atoms with Crippen molar-refractivity contribution in [3.63, 3.8) is 0 Å². The lowest BCUT2D eigenvalue weighted by atomic mass is 10.1. The summed E-state index contributed by atoms with van der Waals surface area (Å²) in [6, 6.07) is 11.7. The first kappa shape index (κ1) is 18.7. The normalized spacial score (nSPS) is 11.0. The van der Waals surface area contributed by atoms with E-state index in [1.54, 1.807) is 17.5 Å². The predicted octanol–water partition coefficient (Wildman–Crippen LogP) is 4.40. The van der Waals surface area contributed by atoms with Crippen LogP contribution in [0.1, 0.15) is 10.6 Å². The number of aromatic nitrogens is 1. The van der Waals surface area contributed by atoms with Crippen molar-refractivity contribution >= 4 is 34.4 Å². The lowest BCUT2D eigenvalue weighted by molar-refractivity contribution is -0.385. The maximum atomic E-state index is 10.9. The molecule has 0 aliphatic heterocycles. The number of allylic oxidation sites excluding steroid dienone is 1. The Labute approximate surface area is 161 Å². The van der Waals surface area contributed by atoms with E-state index in [0.29, 0.717) is 21.8 Å². The molecule has 3 rings (SSSR count). The van der Waals surface area contributed by atoms with Crippen LogP contribution in [0.15, 0.2) is 47.8 Å². The van der Waals surface area contributed by atoms with Crippen molar-refractivity contribution in [2.45, 2.75) is 0 Å². The number of hydrogen-bond acceptors (Lipinski definition) is 8. The molecule has 10 heteroatoms. The van der Waals surface area contributed by atoms with Crippen LogP contribution in [0, 0.1) is 31.6 Å². The second-order valence-corrected chi connectivity index (χ2v) is 6.38. The van der Waals surface area contributed by atoms with Crippen LogP contribution in [0.25, 0.3) is 22.9 Å². The summed E-state index contributed by atoms with van der Waals surface area (Å²) in [5.41, 5.74) is 0.993. The van der Waals surface area contributed by atoms with Gasteiger partial charge in [0.2, 0.25) is 0 Å². The van der Waals surface area contributed by atoms with E-state index in [2.05, 4.69) is 4.98 Å². The molecule has 0 spiro atoms. The van der Waals surface area contributed by atoms with Gasteiger partial charge in [-0.2, -0.15) is 5.26 Å². The third-order valence-corrected chi connectivity index (χ3v) is 4.59. The van der Waals surface area contributed by atoms with Gasteiger partial charge in [0.05, 0.1) is 21.1 Å². The number of nitrogens with zero attached hydrogens (tertiary/aromatic N) is 4. The number of nitriles is 1. The van der Waals surface area contributed by atoms with Crippen LogP contribution in [-0.2, 0) is 0 Å². The molecule has 3 aromatic rings. The minimum atomic E-state index is -0.720. The molecule has 9 nitrogen and oxygen atoms in total. The summed E-state index contributed by atoms with van der Waals surface area (Å²) in [5.74, 6) is -0.470. The molecule has 1 aromatic heterocycles. The van der Waals surface area contributed by atoms with Crippen molar-refractivity contribution in [2.24, 2.45) is 0 Å². The van der Waals surface area contributed by atoms with Gasteiger partial charge in [-0.1, -0.05) is 18.2 Å². The lowest BCUT2D eigenvalue weighted by Gasteiger charge is -1.99. The molecule has 0 radical (unpaired) electrons. The molecule has 0 unspecified atom stereocenters. The number of phenols is 1. The monoisotopic (exact) mass is 394 g/mol. The van der Waals surface area contributed by atoms with Gasteiger partial charge in [-0.05, 0) is 17.7 Å². The predicted molar refractivity (Wildman–Crippen MR) is 102 cm³/mol. The molecule has 28 heavy (non-hydrogen) atoms. The molecule has 0 aliphatic rings. The number of rotatable bonds is 5. The Morgan fingerprint density at radius 2 is 1.96 bits per heavy atom. The fourth-order valence-electron chi connectivity index (χ4n) is 2.39. The molecule has 0 amide bonds. The summed E-state index contributed by atoms with van der Waals surface area (Å²) in [7, 11) is 0.